The number of nitro benzene ring substituents is 1. The Labute approximate surface area is 155 Å². The average Bonchev–Trinajstić information content (AvgIpc) is 2.57. The molecule has 0 fully saturated rings. The van der Waals surface area contributed by atoms with Gasteiger partial charge < -0.3 is 14.7 Å². The van der Waals surface area contributed by atoms with Crippen LogP contribution >= 0.6 is 11.6 Å². The largest absolute Gasteiger partial charge is 0.490 e. The quantitative estimate of drug-likeness (QED) is 0.306. The van der Waals surface area contributed by atoms with E-state index in [9.17, 15) is 23.3 Å². The standard InChI is InChI=1S/C16H12ClF3N2O5/c1-2-26-14-6-9(8-21-23)5-11(17)15(14)27-13-4-3-10(16(18,19)20)7-12(13)22(24)25/h3-8,23H,2H2,1H3/b21-8-. The van der Waals surface area contributed by atoms with Crippen LogP contribution in [0, 0.1) is 10.1 Å². The summed E-state index contributed by atoms with van der Waals surface area (Å²) in [7, 11) is 0. The van der Waals surface area contributed by atoms with E-state index in [4.69, 9.17) is 26.3 Å². The van der Waals surface area contributed by atoms with E-state index in [2.05, 4.69) is 5.16 Å². The van der Waals surface area contributed by atoms with Crippen molar-refractivity contribution in [3.05, 3.63) is 56.6 Å². The van der Waals surface area contributed by atoms with Gasteiger partial charge >= 0.3 is 11.9 Å². The van der Waals surface area contributed by atoms with Crippen LogP contribution in [-0.4, -0.2) is 23.0 Å². The molecule has 0 bridgehead atoms. The molecule has 0 aliphatic carbocycles. The highest BCUT2D eigenvalue weighted by molar-refractivity contribution is 6.32. The van der Waals surface area contributed by atoms with E-state index in [0.29, 0.717) is 17.7 Å². The molecule has 0 radical (unpaired) electrons. The number of oxime groups is 1. The number of hydrogen-bond acceptors (Lipinski definition) is 6. The molecule has 0 spiro atoms. The van der Waals surface area contributed by atoms with Crippen molar-refractivity contribution < 1.29 is 32.8 Å². The number of hydrogen-bond donors (Lipinski definition) is 1. The Bertz CT molecular complexity index is 887. The molecule has 2 aromatic rings. The number of nitrogens with zero attached hydrogens (tertiary/aromatic N) is 2. The molecule has 2 aromatic carbocycles. The second-order valence-electron chi connectivity index (χ2n) is 5.05. The summed E-state index contributed by atoms with van der Waals surface area (Å²) in [5.74, 6) is -0.509. The van der Waals surface area contributed by atoms with E-state index in [1.165, 1.54) is 12.1 Å². The molecule has 0 amide bonds. The Morgan fingerprint density at radius 1 is 1.30 bits per heavy atom. The summed E-state index contributed by atoms with van der Waals surface area (Å²) >= 11 is 6.09. The molecule has 0 saturated heterocycles. The Kier molecular flexibility index (Phi) is 6.11. The molecule has 0 atom stereocenters. The van der Waals surface area contributed by atoms with E-state index >= 15 is 0 Å². The number of nitro groups is 1. The molecule has 0 heterocycles. The third-order valence-corrected chi connectivity index (χ3v) is 3.51. The van der Waals surface area contributed by atoms with Crippen molar-refractivity contribution in [2.75, 3.05) is 6.61 Å². The molecule has 0 aromatic heterocycles. The van der Waals surface area contributed by atoms with Crippen molar-refractivity contribution in [1.29, 1.82) is 0 Å². The molecule has 7 nitrogen and oxygen atoms in total. The van der Waals surface area contributed by atoms with Crippen LogP contribution in [-0.2, 0) is 6.18 Å². The Morgan fingerprint density at radius 3 is 2.56 bits per heavy atom. The van der Waals surface area contributed by atoms with Gasteiger partial charge in [0.2, 0.25) is 5.75 Å². The van der Waals surface area contributed by atoms with E-state index in [-0.39, 0.29) is 23.1 Å². The summed E-state index contributed by atoms with van der Waals surface area (Å²) in [4.78, 5) is 10.2. The second-order valence-corrected chi connectivity index (χ2v) is 5.45. The van der Waals surface area contributed by atoms with E-state index < -0.39 is 28.1 Å². The minimum absolute atomic E-state index is 0.0509. The van der Waals surface area contributed by atoms with Crippen LogP contribution in [0.3, 0.4) is 0 Å². The number of benzene rings is 2. The van der Waals surface area contributed by atoms with Gasteiger partial charge in [-0.1, -0.05) is 16.8 Å². The summed E-state index contributed by atoms with van der Waals surface area (Å²) in [6, 6.07) is 4.57. The number of alkyl halides is 3. The van der Waals surface area contributed by atoms with Crippen molar-refractivity contribution in [1.82, 2.24) is 0 Å². The SMILES string of the molecule is CCOc1cc(/C=N\O)cc(Cl)c1Oc1ccc(C(F)(F)F)cc1[N+](=O)[O-]. The van der Waals surface area contributed by atoms with Crippen LogP contribution in [0.4, 0.5) is 18.9 Å². The first-order valence-corrected chi connectivity index (χ1v) is 7.72. The van der Waals surface area contributed by atoms with Gasteiger partial charge in [0, 0.05) is 11.6 Å². The fourth-order valence-electron chi connectivity index (χ4n) is 2.12. The zero-order chi connectivity index (χ0) is 20.2. The Morgan fingerprint density at radius 2 is 2.00 bits per heavy atom. The lowest BCUT2D eigenvalue weighted by Gasteiger charge is -2.15. The highest BCUT2D eigenvalue weighted by atomic mass is 35.5. The van der Waals surface area contributed by atoms with Crippen molar-refractivity contribution in [2.24, 2.45) is 5.16 Å². The van der Waals surface area contributed by atoms with Crippen molar-refractivity contribution >= 4 is 23.5 Å². The highest BCUT2D eigenvalue weighted by Gasteiger charge is 2.33. The lowest BCUT2D eigenvalue weighted by molar-refractivity contribution is -0.385. The molecule has 11 heteroatoms. The predicted octanol–water partition coefficient (Wildman–Crippen LogP) is 5.27. The topological polar surface area (TPSA) is 94.2 Å². The van der Waals surface area contributed by atoms with Crippen LogP contribution in [0.1, 0.15) is 18.1 Å². The van der Waals surface area contributed by atoms with Gasteiger partial charge in [0.05, 0.1) is 28.3 Å². The molecule has 27 heavy (non-hydrogen) atoms. The van der Waals surface area contributed by atoms with E-state index in [1.807, 2.05) is 0 Å². The van der Waals surface area contributed by atoms with Gasteiger partial charge in [0.15, 0.2) is 11.5 Å². The summed E-state index contributed by atoms with van der Waals surface area (Å²) in [6.07, 6.45) is -3.68. The van der Waals surface area contributed by atoms with E-state index in [1.54, 1.807) is 6.92 Å². The molecule has 0 saturated carbocycles. The smallest absolute Gasteiger partial charge is 0.416 e. The highest BCUT2D eigenvalue weighted by Crippen LogP contribution is 2.43. The summed E-state index contributed by atoms with van der Waals surface area (Å²) < 4.78 is 49.2. The zero-order valence-electron chi connectivity index (χ0n) is 13.7. The molecule has 144 valence electrons. The number of ether oxygens (including phenoxy) is 2. The first-order valence-electron chi connectivity index (χ1n) is 7.34. The molecule has 0 unspecified atom stereocenters. The predicted molar refractivity (Wildman–Crippen MR) is 90.2 cm³/mol. The van der Waals surface area contributed by atoms with Gasteiger partial charge in [-0.05, 0) is 31.2 Å². The van der Waals surface area contributed by atoms with Gasteiger partial charge in [-0.15, -0.1) is 0 Å². The molecule has 0 aliphatic heterocycles. The van der Waals surface area contributed by atoms with Crippen LogP contribution in [0.15, 0.2) is 35.5 Å². The molecular weight excluding hydrogens is 393 g/mol. The number of halogens is 4. The fourth-order valence-corrected chi connectivity index (χ4v) is 2.38. The van der Waals surface area contributed by atoms with Crippen LogP contribution < -0.4 is 9.47 Å². The summed E-state index contributed by atoms with van der Waals surface area (Å²) in [5, 5.41) is 22.6. The Balaban J connectivity index is 2.54. The lowest BCUT2D eigenvalue weighted by Crippen LogP contribution is -2.06. The molecular formula is C16H12ClF3N2O5. The third-order valence-electron chi connectivity index (χ3n) is 3.23. The van der Waals surface area contributed by atoms with Gasteiger partial charge in [-0.2, -0.15) is 13.2 Å². The van der Waals surface area contributed by atoms with Gasteiger partial charge in [0.25, 0.3) is 0 Å². The normalized spacial score (nSPS) is 11.6. The zero-order valence-corrected chi connectivity index (χ0v) is 14.4. The molecule has 1 N–H and O–H groups in total. The maximum absolute atomic E-state index is 12.8. The minimum atomic E-state index is -4.75. The first-order chi connectivity index (χ1) is 12.7. The van der Waals surface area contributed by atoms with Gasteiger partial charge in [0.1, 0.15) is 0 Å². The van der Waals surface area contributed by atoms with Crippen molar-refractivity contribution in [2.45, 2.75) is 13.1 Å². The van der Waals surface area contributed by atoms with Crippen LogP contribution in [0.5, 0.6) is 17.2 Å². The summed E-state index contributed by atoms with van der Waals surface area (Å²) in [6.45, 7) is 1.84. The lowest BCUT2D eigenvalue weighted by atomic mass is 10.1. The first kappa shape index (κ1) is 20.3. The van der Waals surface area contributed by atoms with Crippen molar-refractivity contribution in [3.8, 4) is 17.2 Å². The van der Waals surface area contributed by atoms with E-state index in [0.717, 1.165) is 12.3 Å². The van der Waals surface area contributed by atoms with Crippen molar-refractivity contribution in [3.63, 3.8) is 0 Å². The summed E-state index contributed by atoms with van der Waals surface area (Å²) in [5.41, 5.74) is -1.73. The molecule has 2 rings (SSSR count). The second kappa shape index (κ2) is 8.12. The monoisotopic (exact) mass is 404 g/mol. The maximum Gasteiger partial charge on any atom is 0.416 e. The van der Waals surface area contributed by atoms with Crippen LogP contribution in [0.2, 0.25) is 5.02 Å². The minimum Gasteiger partial charge on any atom is -0.490 e. The average molecular weight is 405 g/mol. The molecule has 0 aliphatic rings. The maximum atomic E-state index is 12.8. The number of rotatable bonds is 6. The third kappa shape index (κ3) is 4.79. The fraction of sp³-hybridized carbons (Fsp3) is 0.188. The van der Waals surface area contributed by atoms with Gasteiger partial charge in [-0.3, -0.25) is 10.1 Å². The van der Waals surface area contributed by atoms with Gasteiger partial charge in [-0.25, -0.2) is 0 Å². The Hall–Kier alpha value is -3.01. The van der Waals surface area contributed by atoms with Crippen LogP contribution in [0.25, 0.3) is 0 Å².